The van der Waals surface area contributed by atoms with Gasteiger partial charge in [-0.2, -0.15) is 4.98 Å². The zero-order valence-electron chi connectivity index (χ0n) is 11.6. The lowest BCUT2D eigenvalue weighted by Crippen LogP contribution is -2.17. The maximum Gasteiger partial charge on any atom is 0.229 e. The molecule has 0 spiro atoms. The molecule has 0 saturated carbocycles. The second-order valence-corrected chi connectivity index (χ2v) is 4.44. The number of hydrogen-bond donors (Lipinski definition) is 1. The van der Waals surface area contributed by atoms with E-state index in [0.29, 0.717) is 24.6 Å². The van der Waals surface area contributed by atoms with E-state index in [-0.39, 0.29) is 6.61 Å². The zero-order valence-corrected chi connectivity index (χ0v) is 11.6. The molecule has 0 bridgehead atoms. The first-order chi connectivity index (χ1) is 9.71. The van der Waals surface area contributed by atoms with E-state index in [1.165, 1.54) is 7.11 Å². The van der Waals surface area contributed by atoms with Gasteiger partial charge in [-0.3, -0.25) is 0 Å². The Morgan fingerprint density at radius 3 is 2.65 bits per heavy atom. The molecule has 1 atom stereocenters. The minimum absolute atomic E-state index is 0.246. The van der Waals surface area contributed by atoms with Crippen LogP contribution in [-0.2, 0) is 17.6 Å². The first-order valence-electron chi connectivity index (χ1n) is 6.32. The maximum atomic E-state index is 9.59. The number of aromatic nitrogens is 2. The molecule has 1 aromatic carbocycles. The summed E-state index contributed by atoms with van der Waals surface area (Å²) in [6, 6.07) is 7.68. The quantitative estimate of drug-likeness (QED) is 0.820. The van der Waals surface area contributed by atoms with Crippen molar-refractivity contribution in [3.8, 4) is 5.75 Å². The fourth-order valence-corrected chi connectivity index (χ4v) is 1.82. The van der Waals surface area contributed by atoms with Gasteiger partial charge in [0.15, 0.2) is 5.82 Å². The summed E-state index contributed by atoms with van der Waals surface area (Å²) < 4.78 is 15.0. The maximum absolute atomic E-state index is 9.59. The van der Waals surface area contributed by atoms with Gasteiger partial charge in [0, 0.05) is 13.5 Å². The number of methoxy groups -OCH3 is 2. The van der Waals surface area contributed by atoms with Crippen LogP contribution in [0.5, 0.6) is 5.75 Å². The predicted octanol–water partition coefficient (Wildman–Crippen LogP) is 1.22. The smallest absolute Gasteiger partial charge is 0.229 e. The number of aliphatic hydroxyl groups excluding tert-OH is 1. The Hall–Kier alpha value is -1.92. The number of hydrogen-bond acceptors (Lipinski definition) is 6. The van der Waals surface area contributed by atoms with Gasteiger partial charge in [-0.15, -0.1) is 0 Å². The van der Waals surface area contributed by atoms with Crippen LogP contribution in [0.2, 0.25) is 0 Å². The second kappa shape index (κ2) is 7.02. The molecule has 1 heterocycles. The van der Waals surface area contributed by atoms with Crippen molar-refractivity contribution in [2.24, 2.45) is 0 Å². The minimum Gasteiger partial charge on any atom is -0.497 e. The highest BCUT2D eigenvalue weighted by molar-refractivity contribution is 5.28. The van der Waals surface area contributed by atoms with E-state index in [1.807, 2.05) is 24.3 Å². The second-order valence-electron chi connectivity index (χ2n) is 4.44. The monoisotopic (exact) mass is 278 g/mol. The molecule has 108 valence electrons. The number of benzene rings is 1. The van der Waals surface area contributed by atoms with Gasteiger partial charge in [0.2, 0.25) is 5.89 Å². The molecule has 0 saturated heterocycles. The molecule has 0 aliphatic rings. The Morgan fingerprint density at radius 1 is 1.25 bits per heavy atom. The Kier molecular flexibility index (Phi) is 5.09. The highest BCUT2D eigenvalue weighted by atomic mass is 16.5. The van der Waals surface area contributed by atoms with Crippen LogP contribution in [0.4, 0.5) is 0 Å². The third kappa shape index (κ3) is 4.04. The Morgan fingerprint density at radius 2 is 2.00 bits per heavy atom. The SMILES string of the molecule is COCC(O)Cc1nc(Cc2ccc(OC)cc2)no1. The predicted molar refractivity (Wildman–Crippen MR) is 71.7 cm³/mol. The van der Waals surface area contributed by atoms with E-state index in [4.69, 9.17) is 14.0 Å². The zero-order chi connectivity index (χ0) is 14.4. The topological polar surface area (TPSA) is 77.6 Å². The summed E-state index contributed by atoms with van der Waals surface area (Å²) >= 11 is 0. The van der Waals surface area contributed by atoms with Crippen molar-refractivity contribution < 1.29 is 19.1 Å². The first kappa shape index (κ1) is 14.5. The highest BCUT2D eigenvalue weighted by Gasteiger charge is 2.12. The van der Waals surface area contributed by atoms with Crippen LogP contribution < -0.4 is 4.74 Å². The van der Waals surface area contributed by atoms with Gasteiger partial charge in [-0.05, 0) is 17.7 Å². The summed E-state index contributed by atoms with van der Waals surface area (Å²) in [4.78, 5) is 4.25. The van der Waals surface area contributed by atoms with Gasteiger partial charge in [0.25, 0.3) is 0 Å². The molecular weight excluding hydrogens is 260 g/mol. The van der Waals surface area contributed by atoms with Crippen molar-refractivity contribution in [2.75, 3.05) is 20.8 Å². The standard InChI is InChI=1S/C14H18N2O4/c1-18-9-11(17)8-14-15-13(16-20-14)7-10-3-5-12(19-2)6-4-10/h3-6,11,17H,7-9H2,1-2H3. The fraction of sp³-hybridized carbons (Fsp3) is 0.429. The Bertz CT molecular complexity index is 524. The van der Waals surface area contributed by atoms with Crippen LogP contribution in [0.25, 0.3) is 0 Å². The molecule has 1 N–H and O–H groups in total. The van der Waals surface area contributed by atoms with Crippen molar-refractivity contribution in [1.29, 1.82) is 0 Å². The molecular formula is C14H18N2O4. The van der Waals surface area contributed by atoms with E-state index < -0.39 is 6.10 Å². The molecule has 2 aromatic rings. The highest BCUT2D eigenvalue weighted by Crippen LogP contribution is 2.14. The lowest BCUT2D eigenvalue weighted by Gasteiger charge is -2.04. The van der Waals surface area contributed by atoms with Gasteiger partial charge in [0.05, 0.1) is 26.2 Å². The molecule has 2 rings (SSSR count). The van der Waals surface area contributed by atoms with Crippen molar-refractivity contribution in [3.63, 3.8) is 0 Å². The molecule has 20 heavy (non-hydrogen) atoms. The number of nitrogens with zero attached hydrogens (tertiary/aromatic N) is 2. The Balaban J connectivity index is 1.94. The summed E-state index contributed by atoms with van der Waals surface area (Å²) in [6.07, 6.45) is 0.242. The fourth-order valence-electron chi connectivity index (χ4n) is 1.82. The molecule has 0 radical (unpaired) electrons. The molecule has 6 nitrogen and oxygen atoms in total. The average molecular weight is 278 g/mol. The lowest BCUT2D eigenvalue weighted by molar-refractivity contribution is 0.0599. The summed E-state index contributed by atoms with van der Waals surface area (Å²) in [5.41, 5.74) is 1.07. The number of aliphatic hydroxyl groups is 1. The van der Waals surface area contributed by atoms with Crippen molar-refractivity contribution in [3.05, 3.63) is 41.5 Å². The van der Waals surface area contributed by atoms with Gasteiger partial charge in [-0.1, -0.05) is 17.3 Å². The average Bonchev–Trinajstić information content (AvgIpc) is 2.87. The van der Waals surface area contributed by atoms with Gasteiger partial charge in [0.1, 0.15) is 5.75 Å². The van der Waals surface area contributed by atoms with Crippen molar-refractivity contribution in [2.45, 2.75) is 18.9 Å². The van der Waals surface area contributed by atoms with Crippen LogP contribution in [0, 0.1) is 0 Å². The summed E-state index contributed by atoms with van der Waals surface area (Å²) in [5, 5.41) is 13.5. The van der Waals surface area contributed by atoms with Crippen LogP contribution >= 0.6 is 0 Å². The van der Waals surface area contributed by atoms with E-state index >= 15 is 0 Å². The number of rotatable bonds is 7. The van der Waals surface area contributed by atoms with E-state index in [2.05, 4.69) is 10.1 Å². The molecule has 0 aliphatic carbocycles. The normalized spacial score (nSPS) is 12.3. The van der Waals surface area contributed by atoms with Gasteiger partial charge in [-0.25, -0.2) is 0 Å². The van der Waals surface area contributed by atoms with Crippen LogP contribution in [0.3, 0.4) is 0 Å². The molecule has 6 heteroatoms. The van der Waals surface area contributed by atoms with Gasteiger partial charge >= 0.3 is 0 Å². The largest absolute Gasteiger partial charge is 0.497 e. The molecule has 0 aliphatic heterocycles. The van der Waals surface area contributed by atoms with Crippen LogP contribution in [-0.4, -0.2) is 42.2 Å². The van der Waals surface area contributed by atoms with E-state index in [1.54, 1.807) is 7.11 Å². The summed E-state index contributed by atoms with van der Waals surface area (Å²) in [7, 11) is 3.16. The third-order valence-corrected chi connectivity index (χ3v) is 2.80. The molecule has 0 fully saturated rings. The van der Waals surface area contributed by atoms with E-state index in [0.717, 1.165) is 11.3 Å². The van der Waals surface area contributed by atoms with Crippen LogP contribution in [0.15, 0.2) is 28.8 Å². The van der Waals surface area contributed by atoms with Crippen molar-refractivity contribution >= 4 is 0 Å². The Labute approximate surface area is 117 Å². The van der Waals surface area contributed by atoms with Gasteiger partial charge < -0.3 is 19.1 Å². The van der Waals surface area contributed by atoms with Crippen molar-refractivity contribution in [1.82, 2.24) is 10.1 Å². The molecule has 0 amide bonds. The summed E-state index contributed by atoms with van der Waals surface area (Å²) in [6.45, 7) is 0.246. The molecule has 1 unspecified atom stereocenters. The minimum atomic E-state index is -0.630. The lowest BCUT2D eigenvalue weighted by atomic mass is 10.1. The van der Waals surface area contributed by atoms with Crippen LogP contribution in [0.1, 0.15) is 17.3 Å². The first-order valence-corrected chi connectivity index (χ1v) is 6.32. The third-order valence-electron chi connectivity index (χ3n) is 2.80. The number of ether oxygens (including phenoxy) is 2. The molecule has 1 aromatic heterocycles. The summed E-state index contributed by atoms with van der Waals surface area (Å²) in [5.74, 6) is 1.82. The van der Waals surface area contributed by atoms with E-state index in [9.17, 15) is 5.11 Å².